The maximum Gasteiger partial charge on any atom is 0.435 e. The van der Waals surface area contributed by atoms with E-state index in [0.29, 0.717) is 11.4 Å². The zero-order valence-corrected chi connectivity index (χ0v) is 19.6. The molecule has 1 aromatic carbocycles. The van der Waals surface area contributed by atoms with Crippen molar-refractivity contribution in [2.24, 2.45) is 5.92 Å². The van der Waals surface area contributed by atoms with Gasteiger partial charge in [-0.15, -0.1) is 0 Å². The Bertz CT molecular complexity index is 1480. The lowest BCUT2D eigenvalue weighted by Crippen LogP contribution is -2.28. The number of hydrogen-bond donors (Lipinski definition) is 0. The summed E-state index contributed by atoms with van der Waals surface area (Å²) >= 11 is 6.30. The van der Waals surface area contributed by atoms with Gasteiger partial charge in [-0.2, -0.15) is 18.3 Å². The van der Waals surface area contributed by atoms with Crippen LogP contribution in [0.2, 0.25) is 5.02 Å². The number of nitrogens with zero attached hydrogens (tertiary/aromatic N) is 5. The molecule has 3 aromatic heterocycles. The van der Waals surface area contributed by atoms with Crippen LogP contribution in [-0.4, -0.2) is 31.4 Å². The van der Waals surface area contributed by atoms with E-state index >= 15 is 0 Å². The third kappa shape index (κ3) is 4.27. The highest BCUT2D eigenvalue weighted by Crippen LogP contribution is 2.43. The van der Waals surface area contributed by atoms with Gasteiger partial charge in [0.2, 0.25) is 0 Å². The van der Waals surface area contributed by atoms with Crippen LogP contribution in [0.15, 0.2) is 47.8 Å². The fourth-order valence-electron chi connectivity index (χ4n) is 4.35. The molecular weight excluding hydrogens is 483 g/mol. The van der Waals surface area contributed by atoms with E-state index in [9.17, 15) is 18.0 Å². The van der Waals surface area contributed by atoms with E-state index in [-0.39, 0.29) is 45.6 Å². The second-order valence-electron chi connectivity index (χ2n) is 8.45. The minimum Gasteiger partial charge on any atom is -0.497 e. The van der Waals surface area contributed by atoms with E-state index in [2.05, 4.69) is 15.1 Å². The van der Waals surface area contributed by atoms with Gasteiger partial charge in [0.15, 0.2) is 5.69 Å². The summed E-state index contributed by atoms with van der Waals surface area (Å²) < 4.78 is 49.3. The van der Waals surface area contributed by atoms with Gasteiger partial charge in [-0.1, -0.05) is 11.6 Å². The number of fused-ring (bicyclic) bond motifs is 1. The number of aromatic nitrogens is 5. The van der Waals surface area contributed by atoms with E-state index in [1.165, 1.54) is 33.9 Å². The average Bonchev–Trinajstić information content (AvgIpc) is 3.56. The van der Waals surface area contributed by atoms with Gasteiger partial charge in [-0.25, -0.2) is 4.98 Å². The Labute approximate surface area is 203 Å². The monoisotopic (exact) mass is 503 g/mol. The highest BCUT2D eigenvalue weighted by molar-refractivity contribution is 6.31. The second kappa shape index (κ2) is 8.67. The van der Waals surface area contributed by atoms with Crippen molar-refractivity contribution < 1.29 is 17.9 Å². The van der Waals surface area contributed by atoms with Crippen LogP contribution in [-0.2, 0) is 12.7 Å². The molecule has 1 atom stereocenters. The summed E-state index contributed by atoms with van der Waals surface area (Å²) in [5, 5.41) is 3.94. The predicted octanol–water partition coefficient (Wildman–Crippen LogP) is 5.36. The lowest BCUT2D eigenvalue weighted by molar-refractivity contribution is -0.141. The van der Waals surface area contributed by atoms with Gasteiger partial charge < -0.3 is 4.74 Å². The Kier molecular flexibility index (Phi) is 5.79. The second-order valence-corrected chi connectivity index (χ2v) is 8.89. The fourth-order valence-corrected chi connectivity index (χ4v) is 4.56. The summed E-state index contributed by atoms with van der Waals surface area (Å²) in [6.45, 7) is 1.94. The standard InChI is InChI=1S/C24H21ClF3N5O2/c1-3-32-11-18(22(31-32)24(26,27)28)16-8-14(25)9-17-20(16)30-12-33(23(17)34)21(13-4-5-13)19-10-15(35-2)6-7-29-19/h6-13,21H,3-5H2,1-2H3/t21-/m0/s1. The van der Waals surface area contributed by atoms with Crippen LogP contribution in [0.5, 0.6) is 5.75 Å². The molecule has 7 nitrogen and oxygen atoms in total. The molecule has 3 heterocycles. The molecule has 182 valence electrons. The van der Waals surface area contributed by atoms with Crippen LogP contribution >= 0.6 is 11.6 Å². The van der Waals surface area contributed by atoms with E-state index in [4.69, 9.17) is 16.3 Å². The Morgan fingerprint density at radius 1 is 1.20 bits per heavy atom. The molecule has 1 aliphatic carbocycles. The molecule has 0 radical (unpaired) electrons. The predicted molar refractivity (Wildman–Crippen MR) is 125 cm³/mol. The van der Waals surface area contributed by atoms with Crippen molar-refractivity contribution in [2.45, 2.75) is 38.5 Å². The van der Waals surface area contributed by atoms with Crippen LogP contribution in [0.1, 0.15) is 37.2 Å². The van der Waals surface area contributed by atoms with Crippen molar-refractivity contribution in [1.82, 2.24) is 24.3 Å². The lowest BCUT2D eigenvalue weighted by atomic mass is 10.0. The molecule has 5 rings (SSSR count). The molecule has 0 bridgehead atoms. The van der Waals surface area contributed by atoms with E-state index in [0.717, 1.165) is 12.8 Å². The van der Waals surface area contributed by atoms with Crippen molar-refractivity contribution in [2.75, 3.05) is 7.11 Å². The molecular formula is C24H21ClF3N5O2. The highest BCUT2D eigenvalue weighted by atomic mass is 35.5. The first-order chi connectivity index (χ1) is 16.7. The van der Waals surface area contributed by atoms with Crippen LogP contribution < -0.4 is 10.3 Å². The Morgan fingerprint density at radius 3 is 2.63 bits per heavy atom. The Morgan fingerprint density at radius 2 is 1.97 bits per heavy atom. The number of rotatable bonds is 6. The van der Waals surface area contributed by atoms with E-state index in [1.807, 2.05) is 0 Å². The van der Waals surface area contributed by atoms with Crippen LogP contribution in [0.25, 0.3) is 22.0 Å². The van der Waals surface area contributed by atoms with Crippen molar-refractivity contribution in [3.05, 3.63) is 69.8 Å². The van der Waals surface area contributed by atoms with Gasteiger partial charge in [-0.3, -0.25) is 19.0 Å². The SMILES string of the molecule is CCn1cc(-c2cc(Cl)cc3c(=O)n([C@H](c4cc(OC)ccn4)C4CC4)cnc23)c(C(F)(F)F)n1. The van der Waals surface area contributed by atoms with Crippen molar-refractivity contribution in [3.63, 3.8) is 0 Å². The van der Waals surface area contributed by atoms with Gasteiger partial charge in [-0.05, 0) is 43.9 Å². The molecule has 1 fully saturated rings. The normalized spacial score (nSPS) is 14.9. The van der Waals surface area contributed by atoms with Crippen molar-refractivity contribution >= 4 is 22.5 Å². The molecule has 0 aliphatic heterocycles. The number of benzene rings is 1. The molecule has 0 saturated heterocycles. The van der Waals surface area contributed by atoms with Crippen LogP contribution in [0, 0.1) is 5.92 Å². The van der Waals surface area contributed by atoms with Gasteiger partial charge >= 0.3 is 6.18 Å². The van der Waals surface area contributed by atoms with Gasteiger partial charge in [0.1, 0.15) is 5.75 Å². The summed E-state index contributed by atoms with van der Waals surface area (Å²) in [5.41, 5.74) is -0.746. The molecule has 1 saturated carbocycles. The molecule has 35 heavy (non-hydrogen) atoms. The molecule has 0 N–H and O–H groups in total. The van der Waals surface area contributed by atoms with E-state index in [1.54, 1.807) is 32.4 Å². The third-order valence-electron chi connectivity index (χ3n) is 6.15. The van der Waals surface area contributed by atoms with Gasteiger partial charge in [0, 0.05) is 41.2 Å². The summed E-state index contributed by atoms with van der Waals surface area (Å²) in [6.07, 6.45) is 1.44. The zero-order chi connectivity index (χ0) is 24.9. The zero-order valence-electron chi connectivity index (χ0n) is 18.9. The number of ether oxygens (including phenoxy) is 1. The summed E-state index contributed by atoms with van der Waals surface area (Å²) in [7, 11) is 1.55. The molecule has 0 spiro atoms. The number of pyridine rings is 1. The van der Waals surface area contributed by atoms with Crippen LogP contribution in [0.3, 0.4) is 0 Å². The summed E-state index contributed by atoms with van der Waals surface area (Å²) in [6, 6.07) is 5.93. The molecule has 0 amide bonds. The fraction of sp³-hybridized carbons (Fsp3) is 0.333. The maximum atomic E-state index is 13.8. The van der Waals surface area contributed by atoms with Crippen molar-refractivity contribution in [1.29, 1.82) is 0 Å². The number of methoxy groups -OCH3 is 1. The van der Waals surface area contributed by atoms with Crippen LogP contribution in [0.4, 0.5) is 13.2 Å². The Balaban J connectivity index is 1.72. The largest absolute Gasteiger partial charge is 0.497 e. The minimum absolute atomic E-state index is 0.103. The number of aryl methyl sites for hydroxylation is 1. The maximum absolute atomic E-state index is 13.8. The lowest BCUT2D eigenvalue weighted by Gasteiger charge is -2.20. The third-order valence-corrected chi connectivity index (χ3v) is 6.37. The first-order valence-corrected chi connectivity index (χ1v) is 11.4. The minimum atomic E-state index is -4.69. The number of halogens is 4. The number of hydrogen-bond acceptors (Lipinski definition) is 5. The molecule has 0 unspecified atom stereocenters. The van der Waals surface area contributed by atoms with Gasteiger partial charge in [0.25, 0.3) is 5.56 Å². The molecule has 4 aromatic rings. The topological polar surface area (TPSA) is 74.8 Å². The van der Waals surface area contributed by atoms with Gasteiger partial charge in [0.05, 0.1) is 36.1 Å². The average molecular weight is 504 g/mol. The quantitative estimate of drug-likeness (QED) is 0.354. The first-order valence-electron chi connectivity index (χ1n) is 11.1. The Hall–Kier alpha value is -3.40. The number of alkyl halides is 3. The first kappa shape index (κ1) is 23.3. The molecule has 11 heteroatoms. The summed E-state index contributed by atoms with van der Waals surface area (Å²) in [4.78, 5) is 22.6. The van der Waals surface area contributed by atoms with E-state index < -0.39 is 17.4 Å². The smallest absolute Gasteiger partial charge is 0.435 e. The molecule has 1 aliphatic rings. The summed E-state index contributed by atoms with van der Waals surface area (Å²) in [5.74, 6) is 0.797. The van der Waals surface area contributed by atoms with Crippen molar-refractivity contribution in [3.8, 4) is 16.9 Å². The highest BCUT2D eigenvalue weighted by Gasteiger charge is 2.39.